The zero-order chi connectivity index (χ0) is 14.6. The Bertz CT molecular complexity index is 566. The molecule has 0 saturated carbocycles. The molecule has 0 fully saturated rings. The van der Waals surface area contributed by atoms with Gasteiger partial charge >= 0.3 is 0 Å². The van der Waals surface area contributed by atoms with Crippen molar-refractivity contribution in [3.63, 3.8) is 0 Å². The molecule has 0 aromatic heterocycles. The van der Waals surface area contributed by atoms with E-state index in [1.807, 2.05) is 0 Å². The van der Waals surface area contributed by atoms with Crippen LogP contribution in [0.15, 0.2) is 23.1 Å². The van der Waals surface area contributed by atoms with Gasteiger partial charge in [0.2, 0.25) is 10.0 Å². The number of hydrogen-bond donors (Lipinski definition) is 0. The highest BCUT2D eigenvalue weighted by Gasteiger charge is 2.22. The maximum absolute atomic E-state index is 12.3. The number of methoxy groups -OCH3 is 1. The van der Waals surface area contributed by atoms with Crippen LogP contribution in [-0.4, -0.2) is 39.2 Å². The van der Waals surface area contributed by atoms with Gasteiger partial charge in [0.25, 0.3) is 0 Å². The Kier molecular flexibility index (Phi) is 5.08. The molecule has 1 aromatic carbocycles. The zero-order valence-corrected chi connectivity index (χ0v) is 12.5. The number of nitrogens with zero attached hydrogens (tertiary/aromatic N) is 1. The Morgan fingerprint density at radius 1 is 1.37 bits per heavy atom. The lowest BCUT2D eigenvalue weighted by atomic mass is 10.2. The number of benzene rings is 1. The van der Waals surface area contributed by atoms with Crippen molar-refractivity contribution in [3.05, 3.63) is 23.8 Å². The van der Waals surface area contributed by atoms with Gasteiger partial charge in [0.05, 0.1) is 12.0 Å². The van der Waals surface area contributed by atoms with E-state index < -0.39 is 10.0 Å². The molecule has 6 heteroatoms. The van der Waals surface area contributed by atoms with Gasteiger partial charge in [-0.2, -0.15) is 0 Å². The Hall–Kier alpha value is -1.40. The highest BCUT2D eigenvalue weighted by molar-refractivity contribution is 7.89. The third-order valence-corrected chi connectivity index (χ3v) is 4.87. The Morgan fingerprint density at radius 3 is 2.47 bits per heavy atom. The second-order valence-electron chi connectivity index (χ2n) is 4.41. The fourth-order valence-electron chi connectivity index (χ4n) is 1.64. The molecule has 5 nitrogen and oxygen atoms in total. The standard InChI is InChI=1S/C13H19NO4S/c1-10-9-12(18-4)5-6-13(10)19(16,17)14(3)8-7-11(2)15/h5-6,9H,7-8H2,1-4H3. The predicted octanol–water partition coefficient (Wildman–Crippen LogP) is 1.60. The van der Waals surface area contributed by atoms with Gasteiger partial charge in [0.1, 0.15) is 11.5 Å². The molecule has 1 rings (SSSR count). The van der Waals surface area contributed by atoms with E-state index in [-0.39, 0.29) is 23.6 Å². The van der Waals surface area contributed by atoms with Crippen LogP contribution in [0.5, 0.6) is 5.75 Å². The van der Waals surface area contributed by atoms with Crippen LogP contribution in [0.1, 0.15) is 18.9 Å². The van der Waals surface area contributed by atoms with Gasteiger partial charge in [-0.3, -0.25) is 4.79 Å². The summed E-state index contributed by atoms with van der Waals surface area (Å²) in [5.41, 5.74) is 0.619. The number of Topliss-reactive ketones (excluding diaryl/α,β-unsaturated/α-hetero) is 1. The zero-order valence-electron chi connectivity index (χ0n) is 11.6. The first-order chi connectivity index (χ1) is 8.78. The lowest BCUT2D eigenvalue weighted by Crippen LogP contribution is -2.29. The van der Waals surface area contributed by atoms with E-state index in [1.54, 1.807) is 19.1 Å². The monoisotopic (exact) mass is 285 g/mol. The summed E-state index contributed by atoms with van der Waals surface area (Å²) in [4.78, 5) is 11.2. The molecule has 0 atom stereocenters. The molecular weight excluding hydrogens is 266 g/mol. The first-order valence-electron chi connectivity index (χ1n) is 5.89. The number of ketones is 1. The summed E-state index contributed by atoms with van der Waals surface area (Å²) in [5.74, 6) is 0.580. The normalized spacial score (nSPS) is 11.6. The summed E-state index contributed by atoms with van der Waals surface area (Å²) < 4.78 is 30.9. The fourth-order valence-corrected chi connectivity index (χ4v) is 3.01. The SMILES string of the molecule is COc1ccc(S(=O)(=O)N(C)CCC(C)=O)c(C)c1. The minimum atomic E-state index is -3.56. The first kappa shape index (κ1) is 15.7. The molecule has 0 radical (unpaired) electrons. The quantitative estimate of drug-likeness (QED) is 0.796. The number of aryl methyl sites for hydroxylation is 1. The average Bonchev–Trinajstić information content (AvgIpc) is 2.35. The van der Waals surface area contributed by atoms with E-state index in [0.29, 0.717) is 11.3 Å². The molecule has 1 aromatic rings. The van der Waals surface area contributed by atoms with Crippen molar-refractivity contribution in [2.75, 3.05) is 20.7 Å². The fraction of sp³-hybridized carbons (Fsp3) is 0.462. The number of carbonyl (C=O) groups is 1. The number of carbonyl (C=O) groups excluding carboxylic acids is 1. The smallest absolute Gasteiger partial charge is 0.243 e. The van der Waals surface area contributed by atoms with Crippen molar-refractivity contribution in [2.24, 2.45) is 0 Å². The highest BCUT2D eigenvalue weighted by atomic mass is 32.2. The van der Waals surface area contributed by atoms with Gasteiger partial charge in [-0.1, -0.05) is 0 Å². The van der Waals surface area contributed by atoms with Crippen LogP contribution in [-0.2, 0) is 14.8 Å². The van der Waals surface area contributed by atoms with Crippen LogP contribution in [0.2, 0.25) is 0 Å². The molecule has 0 unspecified atom stereocenters. The summed E-state index contributed by atoms with van der Waals surface area (Å²) in [7, 11) is -0.561. The molecule has 0 N–H and O–H groups in total. The number of hydrogen-bond acceptors (Lipinski definition) is 4. The van der Waals surface area contributed by atoms with Crippen molar-refractivity contribution < 1.29 is 17.9 Å². The number of sulfonamides is 1. The third-order valence-electron chi connectivity index (χ3n) is 2.85. The van der Waals surface area contributed by atoms with E-state index in [1.165, 1.54) is 31.5 Å². The van der Waals surface area contributed by atoms with Gasteiger partial charge in [-0.05, 0) is 37.6 Å². The average molecular weight is 285 g/mol. The molecule has 106 valence electrons. The van der Waals surface area contributed by atoms with Gasteiger partial charge in [-0.15, -0.1) is 0 Å². The minimum Gasteiger partial charge on any atom is -0.497 e. The molecule has 0 heterocycles. The van der Waals surface area contributed by atoms with E-state index in [4.69, 9.17) is 4.74 Å². The molecule has 0 saturated heterocycles. The van der Waals surface area contributed by atoms with Crippen molar-refractivity contribution in [2.45, 2.75) is 25.2 Å². The molecule has 0 aliphatic carbocycles. The van der Waals surface area contributed by atoms with Gasteiger partial charge in [-0.25, -0.2) is 12.7 Å². The molecule has 0 spiro atoms. The summed E-state index contributed by atoms with van der Waals surface area (Å²) in [6.45, 7) is 3.34. The van der Waals surface area contributed by atoms with Gasteiger partial charge in [0, 0.05) is 20.0 Å². The van der Waals surface area contributed by atoms with Crippen molar-refractivity contribution in [1.29, 1.82) is 0 Å². The van der Waals surface area contributed by atoms with Crippen LogP contribution in [0.4, 0.5) is 0 Å². The number of rotatable bonds is 6. The lowest BCUT2D eigenvalue weighted by molar-refractivity contribution is -0.117. The Labute approximate surface area is 114 Å². The van der Waals surface area contributed by atoms with E-state index >= 15 is 0 Å². The third kappa shape index (κ3) is 3.78. The van der Waals surface area contributed by atoms with Crippen LogP contribution in [0.25, 0.3) is 0 Å². The minimum absolute atomic E-state index is 0.0338. The van der Waals surface area contributed by atoms with Crippen LogP contribution >= 0.6 is 0 Å². The molecule has 0 bridgehead atoms. The van der Waals surface area contributed by atoms with Crippen molar-refractivity contribution in [3.8, 4) is 5.75 Å². The second-order valence-corrected chi connectivity index (χ2v) is 6.42. The van der Waals surface area contributed by atoms with Gasteiger partial charge in [0.15, 0.2) is 0 Å². The summed E-state index contributed by atoms with van der Waals surface area (Å²) >= 11 is 0. The summed E-state index contributed by atoms with van der Waals surface area (Å²) in [6, 6.07) is 4.80. The second kappa shape index (κ2) is 6.16. The largest absolute Gasteiger partial charge is 0.497 e. The van der Waals surface area contributed by atoms with Crippen LogP contribution < -0.4 is 4.74 Å². The highest BCUT2D eigenvalue weighted by Crippen LogP contribution is 2.23. The molecule has 0 aliphatic heterocycles. The molecule has 0 aliphatic rings. The van der Waals surface area contributed by atoms with Crippen LogP contribution in [0.3, 0.4) is 0 Å². The Balaban J connectivity index is 3.03. The van der Waals surface area contributed by atoms with Crippen molar-refractivity contribution >= 4 is 15.8 Å². The predicted molar refractivity (Wildman–Crippen MR) is 72.8 cm³/mol. The maximum atomic E-state index is 12.3. The topological polar surface area (TPSA) is 63.7 Å². The summed E-state index contributed by atoms with van der Waals surface area (Å²) in [5, 5.41) is 0. The summed E-state index contributed by atoms with van der Waals surface area (Å²) in [6.07, 6.45) is 0.213. The maximum Gasteiger partial charge on any atom is 0.243 e. The van der Waals surface area contributed by atoms with Crippen LogP contribution in [0, 0.1) is 6.92 Å². The number of ether oxygens (including phenoxy) is 1. The first-order valence-corrected chi connectivity index (χ1v) is 7.33. The molecule has 0 amide bonds. The van der Waals surface area contributed by atoms with E-state index in [0.717, 1.165) is 0 Å². The molecular formula is C13H19NO4S. The van der Waals surface area contributed by atoms with Crippen molar-refractivity contribution in [1.82, 2.24) is 4.31 Å². The lowest BCUT2D eigenvalue weighted by Gasteiger charge is -2.18. The Morgan fingerprint density at radius 2 is 2.00 bits per heavy atom. The van der Waals surface area contributed by atoms with E-state index in [2.05, 4.69) is 0 Å². The van der Waals surface area contributed by atoms with E-state index in [9.17, 15) is 13.2 Å². The van der Waals surface area contributed by atoms with Gasteiger partial charge < -0.3 is 4.74 Å². The molecule has 19 heavy (non-hydrogen) atoms.